The van der Waals surface area contributed by atoms with Crippen molar-refractivity contribution in [3.63, 3.8) is 0 Å². The number of ether oxygens (including phenoxy) is 2. The highest BCUT2D eigenvalue weighted by atomic mass is 16.5. The van der Waals surface area contributed by atoms with Crippen LogP contribution in [0.4, 0.5) is 0 Å². The van der Waals surface area contributed by atoms with Gasteiger partial charge in [-0.15, -0.1) is 0 Å². The fourth-order valence-electron chi connectivity index (χ4n) is 4.35. The average Bonchev–Trinajstić information content (AvgIpc) is 2.67. The summed E-state index contributed by atoms with van der Waals surface area (Å²) in [5.74, 6) is -0.0692. The van der Waals surface area contributed by atoms with E-state index < -0.39 is 5.54 Å². The second-order valence-electron chi connectivity index (χ2n) is 8.28. The molecule has 2 unspecified atom stereocenters. The van der Waals surface area contributed by atoms with E-state index in [1.54, 1.807) is 0 Å². The second kappa shape index (κ2) is 7.29. The molecule has 1 heterocycles. The van der Waals surface area contributed by atoms with Gasteiger partial charge in [0.15, 0.2) is 0 Å². The maximum atomic E-state index is 13.0. The molecule has 2 fully saturated rings. The van der Waals surface area contributed by atoms with Gasteiger partial charge in [-0.25, -0.2) is 0 Å². The molecule has 1 amide bonds. The number of hydrogen-bond acceptors (Lipinski definition) is 4. The normalized spacial score (nSPS) is 29.6. The zero-order chi connectivity index (χ0) is 18.8. The summed E-state index contributed by atoms with van der Waals surface area (Å²) in [5, 5.41) is 3.18. The summed E-state index contributed by atoms with van der Waals surface area (Å²) in [6.07, 6.45) is 2.41. The van der Waals surface area contributed by atoms with Crippen molar-refractivity contribution in [2.75, 3.05) is 26.4 Å². The van der Waals surface area contributed by atoms with Crippen molar-refractivity contribution in [2.24, 2.45) is 11.1 Å². The minimum atomic E-state index is -0.879. The molecule has 1 aromatic rings. The molecule has 1 saturated carbocycles. The molecule has 1 saturated heterocycles. The average molecular weight is 360 g/mol. The van der Waals surface area contributed by atoms with E-state index in [9.17, 15) is 4.79 Å². The van der Waals surface area contributed by atoms with Crippen LogP contribution in [0.25, 0.3) is 0 Å². The first kappa shape index (κ1) is 19.3. The van der Waals surface area contributed by atoms with Gasteiger partial charge < -0.3 is 20.5 Å². The summed E-state index contributed by atoms with van der Waals surface area (Å²) in [7, 11) is 0. The maximum absolute atomic E-state index is 13.0. The first-order valence-electron chi connectivity index (χ1n) is 9.68. The summed E-state index contributed by atoms with van der Waals surface area (Å²) >= 11 is 0. The van der Waals surface area contributed by atoms with E-state index in [0.717, 1.165) is 26.1 Å². The van der Waals surface area contributed by atoms with Crippen molar-refractivity contribution in [1.82, 2.24) is 5.32 Å². The minimum Gasteiger partial charge on any atom is -0.381 e. The zero-order valence-electron chi connectivity index (χ0n) is 16.2. The van der Waals surface area contributed by atoms with Gasteiger partial charge in [-0.3, -0.25) is 4.79 Å². The number of rotatable bonds is 6. The predicted octanol–water partition coefficient (Wildman–Crippen LogP) is 2.38. The first-order valence-corrected chi connectivity index (χ1v) is 9.68. The highest BCUT2D eigenvalue weighted by Crippen LogP contribution is 2.50. The largest absolute Gasteiger partial charge is 0.381 e. The molecule has 0 radical (unpaired) electrons. The van der Waals surface area contributed by atoms with Gasteiger partial charge in [0.1, 0.15) is 5.54 Å². The number of nitrogens with one attached hydrogen (secondary N) is 1. The maximum Gasteiger partial charge on any atom is 0.240 e. The third-order valence-corrected chi connectivity index (χ3v) is 6.66. The number of carbonyl (C=O) groups is 1. The van der Waals surface area contributed by atoms with Crippen LogP contribution in [0.2, 0.25) is 0 Å². The van der Waals surface area contributed by atoms with Gasteiger partial charge in [-0.05, 0) is 25.3 Å². The molecule has 1 aliphatic carbocycles. The van der Waals surface area contributed by atoms with Crippen LogP contribution < -0.4 is 11.1 Å². The van der Waals surface area contributed by atoms with E-state index >= 15 is 0 Å². The van der Waals surface area contributed by atoms with E-state index in [0.29, 0.717) is 19.6 Å². The van der Waals surface area contributed by atoms with E-state index in [4.69, 9.17) is 15.2 Å². The zero-order valence-corrected chi connectivity index (χ0v) is 16.2. The van der Waals surface area contributed by atoms with Gasteiger partial charge in [-0.1, -0.05) is 44.2 Å². The third kappa shape index (κ3) is 3.17. The van der Waals surface area contributed by atoms with Crippen molar-refractivity contribution in [3.8, 4) is 0 Å². The minimum absolute atomic E-state index is 0.0365. The molecule has 5 nitrogen and oxygen atoms in total. The van der Waals surface area contributed by atoms with Gasteiger partial charge in [-0.2, -0.15) is 0 Å². The smallest absolute Gasteiger partial charge is 0.240 e. The number of carbonyl (C=O) groups excluding carboxylic acids is 1. The third-order valence-electron chi connectivity index (χ3n) is 6.66. The summed E-state index contributed by atoms with van der Waals surface area (Å²) in [6, 6.07) is 10.4. The number of nitrogens with two attached hydrogens (primary N) is 1. The summed E-state index contributed by atoms with van der Waals surface area (Å²) < 4.78 is 11.3. The van der Waals surface area contributed by atoms with Crippen molar-refractivity contribution in [3.05, 3.63) is 35.9 Å². The molecule has 2 atom stereocenters. The monoisotopic (exact) mass is 360 g/mol. The van der Waals surface area contributed by atoms with E-state index in [-0.39, 0.29) is 22.8 Å². The van der Waals surface area contributed by atoms with Crippen LogP contribution in [0.1, 0.15) is 45.6 Å². The van der Waals surface area contributed by atoms with Crippen LogP contribution in [-0.4, -0.2) is 43.9 Å². The van der Waals surface area contributed by atoms with Crippen molar-refractivity contribution >= 4 is 5.91 Å². The van der Waals surface area contributed by atoms with Crippen LogP contribution in [0.5, 0.6) is 0 Å². The lowest BCUT2D eigenvalue weighted by Gasteiger charge is -2.57. The van der Waals surface area contributed by atoms with Gasteiger partial charge in [0, 0.05) is 43.6 Å². The Morgan fingerprint density at radius 3 is 2.50 bits per heavy atom. The van der Waals surface area contributed by atoms with Crippen LogP contribution >= 0.6 is 0 Å². The van der Waals surface area contributed by atoms with Crippen molar-refractivity contribution in [2.45, 2.75) is 57.1 Å². The van der Waals surface area contributed by atoms with Crippen LogP contribution in [0.15, 0.2) is 30.3 Å². The standard InChI is InChI=1S/C21H32N2O3/c1-4-26-17-14-21(22,19(17,2)3)18(24)23-15-20(10-12-25-13-11-20)16-8-6-5-7-9-16/h5-9,17H,4,10-15,22H2,1-3H3,(H,23,24). The SMILES string of the molecule is CCOC1CC(N)(C(=O)NCC2(c3ccccc3)CCOCC2)C1(C)C. The summed E-state index contributed by atoms with van der Waals surface area (Å²) in [6.45, 7) is 8.69. The van der Waals surface area contributed by atoms with Crippen molar-refractivity contribution < 1.29 is 14.3 Å². The second-order valence-corrected chi connectivity index (χ2v) is 8.28. The van der Waals surface area contributed by atoms with Crippen LogP contribution in [0, 0.1) is 5.41 Å². The topological polar surface area (TPSA) is 73.6 Å². The molecule has 0 bridgehead atoms. The number of amides is 1. The molecular weight excluding hydrogens is 328 g/mol. The molecule has 2 aliphatic rings. The van der Waals surface area contributed by atoms with E-state index in [1.807, 2.05) is 26.8 Å². The lowest BCUT2D eigenvalue weighted by atomic mass is 9.54. The molecule has 0 spiro atoms. The summed E-state index contributed by atoms with van der Waals surface area (Å²) in [4.78, 5) is 13.0. The Balaban J connectivity index is 1.71. The van der Waals surface area contributed by atoms with Crippen LogP contribution in [0.3, 0.4) is 0 Å². The first-order chi connectivity index (χ1) is 12.4. The Kier molecular flexibility index (Phi) is 5.42. The molecule has 5 heteroatoms. The van der Waals surface area contributed by atoms with Gasteiger partial charge in [0.05, 0.1) is 6.10 Å². The molecule has 144 valence electrons. The van der Waals surface area contributed by atoms with Gasteiger partial charge >= 0.3 is 0 Å². The number of hydrogen-bond donors (Lipinski definition) is 2. The summed E-state index contributed by atoms with van der Waals surface area (Å²) in [5.41, 5.74) is 6.45. The van der Waals surface area contributed by atoms with E-state index in [2.05, 4.69) is 29.6 Å². The van der Waals surface area contributed by atoms with Gasteiger partial charge in [0.2, 0.25) is 5.91 Å². The number of benzene rings is 1. The Morgan fingerprint density at radius 1 is 1.27 bits per heavy atom. The van der Waals surface area contributed by atoms with E-state index in [1.165, 1.54) is 5.56 Å². The fourth-order valence-corrected chi connectivity index (χ4v) is 4.35. The Hall–Kier alpha value is -1.43. The molecule has 1 aromatic carbocycles. The highest BCUT2D eigenvalue weighted by molar-refractivity contribution is 5.88. The molecule has 3 N–H and O–H groups in total. The Morgan fingerprint density at radius 2 is 1.92 bits per heavy atom. The molecule has 1 aliphatic heterocycles. The highest BCUT2D eigenvalue weighted by Gasteiger charge is 2.63. The van der Waals surface area contributed by atoms with Crippen LogP contribution in [-0.2, 0) is 19.7 Å². The lowest BCUT2D eigenvalue weighted by Crippen LogP contribution is -2.76. The molecular formula is C21H32N2O3. The lowest BCUT2D eigenvalue weighted by molar-refractivity contribution is -0.171. The quantitative estimate of drug-likeness (QED) is 0.817. The van der Waals surface area contributed by atoms with Gasteiger partial charge in [0.25, 0.3) is 0 Å². The Labute approximate surface area is 156 Å². The molecule has 26 heavy (non-hydrogen) atoms. The fraction of sp³-hybridized carbons (Fsp3) is 0.667. The molecule has 3 rings (SSSR count). The Bertz CT molecular complexity index is 625. The predicted molar refractivity (Wildman–Crippen MR) is 102 cm³/mol. The molecule has 0 aromatic heterocycles. The van der Waals surface area contributed by atoms with Crippen molar-refractivity contribution in [1.29, 1.82) is 0 Å².